The molecule has 3 rings (SSSR count). The van der Waals surface area contributed by atoms with Crippen molar-refractivity contribution in [1.29, 1.82) is 0 Å². The number of aliphatic hydroxyl groups excluding tert-OH is 1. The second-order valence-electron chi connectivity index (χ2n) is 7.05. The van der Waals surface area contributed by atoms with E-state index in [9.17, 15) is 9.90 Å². The number of hydrogen-bond acceptors (Lipinski definition) is 4. The molecule has 0 unspecified atom stereocenters. The van der Waals surface area contributed by atoms with Crippen LogP contribution >= 0.6 is 0 Å². The summed E-state index contributed by atoms with van der Waals surface area (Å²) in [4.78, 5) is 10.5. The first-order chi connectivity index (χ1) is 12.1. The summed E-state index contributed by atoms with van der Waals surface area (Å²) in [5, 5.41) is 18.7. The molecule has 0 spiro atoms. The summed E-state index contributed by atoms with van der Waals surface area (Å²) < 4.78 is 11.6. The fourth-order valence-corrected chi connectivity index (χ4v) is 3.38. The molecule has 0 amide bonds. The predicted octanol–water partition coefficient (Wildman–Crippen LogP) is 3.82. The monoisotopic (exact) mass is 352 g/mol. The molecule has 3 aliphatic heterocycles. The van der Waals surface area contributed by atoms with Gasteiger partial charge in [0, 0.05) is 18.8 Å². The van der Waals surface area contributed by atoms with Gasteiger partial charge in [0.05, 0.1) is 18.3 Å². The molecule has 2 N–H and O–H groups in total. The Morgan fingerprint density at radius 1 is 1.24 bits per heavy atom. The van der Waals surface area contributed by atoms with Crippen LogP contribution in [0.5, 0.6) is 0 Å². The lowest BCUT2D eigenvalue weighted by molar-refractivity contribution is -0.337. The molecule has 5 atom stereocenters. The van der Waals surface area contributed by atoms with Gasteiger partial charge in [-0.1, -0.05) is 50.5 Å². The van der Waals surface area contributed by atoms with Crippen LogP contribution in [0.3, 0.4) is 0 Å². The zero-order valence-corrected chi connectivity index (χ0v) is 15.2. The summed E-state index contributed by atoms with van der Waals surface area (Å²) in [6.07, 6.45) is 15.4. The summed E-state index contributed by atoms with van der Waals surface area (Å²) in [5.74, 6) is -0.481. The summed E-state index contributed by atoms with van der Waals surface area (Å²) in [5.41, 5.74) is 0. The molecule has 0 aliphatic carbocycles. The van der Waals surface area contributed by atoms with Gasteiger partial charge in [-0.2, -0.15) is 0 Å². The molecule has 5 nitrogen and oxygen atoms in total. The van der Waals surface area contributed by atoms with Crippen molar-refractivity contribution in [1.82, 2.24) is 0 Å². The number of carboxylic acids is 1. The molecule has 2 bridgehead atoms. The number of allylic oxidation sites excluding steroid dienone is 2. The van der Waals surface area contributed by atoms with Crippen molar-refractivity contribution in [2.24, 2.45) is 5.92 Å². The van der Waals surface area contributed by atoms with Crippen LogP contribution in [-0.2, 0) is 14.3 Å². The Morgan fingerprint density at radius 3 is 2.76 bits per heavy atom. The van der Waals surface area contributed by atoms with Gasteiger partial charge < -0.3 is 19.7 Å². The quantitative estimate of drug-likeness (QED) is 0.412. The topological polar surface area (TPSA) is 76.0 Å². The van der Waals surface area contributed by atoms with Crippen LogP contribution in [0.2, 0.25) is 0 Å². The number of unbranched alkanes of at least 4 members (excludes halogenated alkanes) is 3. The van der Waals surface area contributed by atoms with E-state index in [1.54, 1.807) is 0 Å². The number of aliphatic carboxylic acids is 1. The number of carboxylic acid groups (broad SMARTS) is 1. The summed E-state index contributed by atoms with van der Waals surface area (Å²) in [6.45, 7) is 2.16. The largest absolute Gasteiger partial charge is 0.481 e. The van der Waals surface area contributed by atoms with E-state index in [1.807, 2.05) is 18.2 Å². The van der Waals surface area contributed by atoms with Crippen LogP contribution in [0.4, 0.5) is 0 Å². The molecule has 3 fully saturated rings. The van der Waals surface area contributed by atoms with Gasteiger partial charge in [-0.15, -0.1) is 0 Å². The molecule has 3 heterocycles. The fourth-order valence-electron chi connectivity index (χ4n) is 3.38. The van der Waals surface area contributed by atoms with Crippen LogP contribution in [0, 0.1) is 5.92 Å². The fraction of sp³-hybridized carbons (Fsp3) is 0.750. The van der Waals surface area contributed by atoms with Crippen LogP contribution in [0.15, 0.2) is 24.3 Å². The predicted molar refractivity (Wildman–Crippen MR) is 96.2 cm³/mol. The van der Waals surface area contributed by atoms with E-state index in [0.29, 0.717) is 6.42 Å². The third kappa shape index (κ3) is 6.92. The average molecular weight is 352 g/mol. The normalized spacial score (nSPS) is 29.8. The lowest BCUT2D eigenvalue weighted by Crippen LogP contribution is -2.55. The van der Waals surface area contributed by atoms with E-state index >= 15 is 0 Å². The van der Waals surface area contributed by atoms with Crippen LogP contribution < -0.4 is 0 Å². The van der Waals surface area contributed by atoms with Crippen LogP contribution in [0.25, 0.3) is 0 Å². The maximum absolute atomic E-state index is 10.5. The molecule has 5 heteroatoms. The number of aliphatic hydroxyl groups is 1. The second-order valence-corrected chi connectivity index (χ2v) is 7.05. The molecule has 0 aromatic carbocycles. The molecule has 0 saturated carbocycles. The zero-order valence-electron chi connectivity index (χ0n) is 15.2. The molecule has 0 aromatic rings. The van der Waals surface area contributed by atoms with Gasteiger partial charge in [-0.3, -0.25) is 4.79 Å². The second kappa shape index (κ2) is 10.7. The third-order valence-electron chi connectivity index (χ3n) is 4.92. The van der Waals surface area contributed by atoms with Crippen molar-refractivity contribution in [2.45, 2.75) is 89.3 Å². The number of carbonyl (C=O) groups is 1. The average Bonchev–Trinajstić information content (AvgIpc) is 2.55. The van der Waals surface area contributed by atoms with Crippen molar-refractivity contribution in [2.75, 3.05) is 0 Å². The van der Waals surface area contributed by atoms with E-state index in [4.69, 9.17) is 14.6 Å². The Kier molecular flexibility index (Phi) is 8.65. The standard InChI is InChI=1S/C20H32O5/c1-2-3-6-9-15(21)12-13-17-16(18-14-20(24-17)25-18)10-7-4-5-8-11-19(22)23/h4,7,12-13,15-18,20-21H,2-3,5-6,8-11,14H2,1H3,(H,22,23)/b7-4-,13-12+/t15-,16+,17+,18+,20-/m0/s1. The molecule has 0 radical (unpaired) electrons. The molecule has 3 aliphatic rings. The molecular weight excluding hydrogens is 320 g/mol. The number of fused-ring (bicyclic) bond motifs is 2. The molecule has 142 valence electrons. The molecule has 3 saturated heterocycles. The van der Waals surface area contributed by atoms with Crippen molar-refractivity contribution in [3.8, 4) is 0 Å². The van der Waals surface area contributed by atoms with Crippen molar-refractivity contribution >= 4 is 5.97 Å². The number of ether oxygens (including phenoxy) is 2. The number of hydrogen-bond donors (Lipinski definition) is 2. The first-order valence-corrected chi connectivity index (χ1v) is 9.64. The van der Waals surface area contributed by atoms with E-state index in [2.05, 4.69) is 13.0 Å². The summed E-state index contributed by atoms with van der Waals surface area (Å²) >= 11 is 0. The van der Waals surface area contributed by atoms with E-state index in [0.717, 1.165) is 44.9 Å². The maximum atomic E-state index is 10.5. The Hall–Kier alpha value is -1.17. The molecule has 25 heavy (non-hydrogen) atoms. The van der Waals surface area contributed by atoms with E-state index in [-0.39, 0.29) is 30.8 Å². The highest BCUT2D eigenvalue weighted by Crippen LogP contribution is 2.40. The van der Waals surface area contributed by atoms with E-state index < -0.39 is 12.1 Å². The SMILES string of the molecule is CCCCC[C@H](O)/C=C/[C@H]1O[C@@H]2C[C@@H](O2)[C@@H]1C/C=C\CCCC(=O)O. The van der Waals surface area contributed by atoms with E-state index in [1.165, 1.54) is 0 Å². The summed E-state index contributed by atoms with van der Waals surface area (Å²) in [6, 6.07) is 0. The van der Waals surface area contributed by atoms with Gasteiger partial charge in [-0.05, 0) is 25.7 Å². The minimum absolute atomic E-state index is 0.0120. The number of rotatable bonds is 12. The lowest BCUT2D eigenvalue weighted by Gasteiger charge is -2.49. The van der Waals surface area contributed by atoms with Crippen molar-refractivity contribution < 1.29 is 24.5 Å². The highest BCUT2D eigenvalue weighted by Gasteiger charge is 2.46. The van der Waals surface area contributed by atoms with Crippen LogP contribution in [0.1, 0.15) is 64.7 Å². The Labute approximate surface area is 150 Å². The smallest absolute Gasteiger partial charge is 0.303 e. The van der Waals surface area contributed by atoms with Gasteiger partial charge in [0.25, 0.3) is 0 Å². The Morgan fingerprint density at radius 2 is 2.04 bits per heavy atom. The van der Waals surface area contributed by atoms with Gasteiger partial charge in [0.2, 0.25) is 0 Å². The van der Waals surface area contributed by atoms with Gasteiger partial charge in [-0.25, -0.2) is 0 Å². The van der Waals surface area contributed by atoms with Gasteiger partial charge in [0.1, 0.15) is 0 Å². The highest BCUT2D eigenvalue weighted by molar-refractivity contribution is 5.66. The molecular formula is C20H32O5. The van der Waals surface area contributed by atoms with Gasteiger partial charge >= 0.3 is 5.97 Å². The van der Waals surface area contributed by atoms with Crippen molar-refractivity contribution in [3.63, 3.8) is 0 Å². The first kappa shape index (κ1) is 20.1. The van der Waals surface area contributed by atoms with Crippen LogP contribution in [-0.4, -0.2) is 40.8 Å². The highest BCUT2D eigenvalue weighted by atomic mass is 16.7. The van der Waals surface area contributed by atoms with Crippen molar-refractivity contribution in [3.05, 3.63) is 24.3 Å². The lowest BCUT2D eigenvalue weighted by atomic mass is 9.84. The van der Waals surface area contributed by atoms with Gasteiger partial charge in [0.15, 0.2) is 6.29 Å². The Balaban J connectivity index is 1.76. The minimum Gasteiger partial charge on any atom is -0.481 e. The minimum atomic E-state index is -0.745. The zero-order chi connectivity index (χ0) is 18.1. The maximum Gasteiger partial charge on any atom is 0.303 e. The summed E-state index contributed by atoms with van der Waals surface area (Å²) in [7, 11) is 0. The molecule has 0 aromatic heterocycles. The first-order valence-electron chi connectivity index (χ1n) is 9.64. The Bertz CT molecular complexity index is 453. The third-order valence-corrected chi connectivity index (χ3v) is 4.92.